The molecule has 2 nitrogen and oxygen atoms in total. The van der Waals surface area contributed by atoms with Gasteiger partial charge in [0.05, 0.1) is 6.04 Å². The standard InChI is InChI=1S/C13H18F2N2/c1-13(6-2-3-7-13)12(17-16)9-4-5-10(14)11(15)8-9/h4-5,8,12,17H,2-3,6-7,16H2,1H3. The summed E-state index contributed by atoms with van der Waals surface area (Å²) in [6.07, 6.45) is 4.44. The summed E-state index contributed by atoms with van der Waals surface area (Å²) in [5.74, 6) is 3.96. The summed E-state index contributed by atoms with van der Waals surface area (Å²) in [5, 5.41) is 0. The zero-order valence-electron chi connectivity index (χ0n) is 9.97. The first kappa shape index (κ1) is 12.5. The molecule has 1 atom stereocenters. The van der Waals surface area contributed by atoms with Gasteiger partial charge >= 0.3 is 0 Å². The number of nitrogens with two attached hydrogens (primary N) is 1. The summed E-state index contributed by atoms with van der Waals surface area (Å²) in [5.41, 5.74) is 3.50. The van der Waals surface area contributed by atoms with Gasteiger partial charge in [0.25, 0.3) is 0 Å². The Kier molecular flexibility index (Phi) is 3.45. The molecule has 0 amide bonds. The van der Waals surface area contributed by atoms with Crippen molar-refractivity contribution in [2.45, 2.75) is 38.6 Å². The fraction of sp³-hybridized carbons (Fsp3) is 0.538. The highest BCUT2D eigenvalue weighted by atomic mass is 19.2. The topological polar surface area (TPSA) is 38.0 Å². The third kappa shape index (κ3) is 2.33. The maximum atomic E-state index is 13.2. The normalized spacial score (nSPS) is 20.5. The van der Waals surface area contributed by atoms with Crippen LogP contribution in [0.3, 0.4) is 0 Å². The molecular formula is C13H18F2N2. The largest absolute Gasteiger partial charge is 0.271 e. The van der Waals surface area contributed by atoms with Crippen molar-refractivity contribution in [1.29, 1.82) is 0 Å². The Bertz CT molecular complexity index is 400. The van der Waals surface area contributed by atoms with Gasteiger partial charge in [-0.2, -0.15) is 0 Å². The Morgan fingerprint density at radius 3 is 2.41 bits per heavy atom. The Hall–Kier alpha value is -1.00. The van der Waals surface area contributed by atoms with E-state index in [-0.39, 0.29) is 11.5 Å². The van der Waals surface area contributed by atoms with Crippen LogP contribution >= 0.6 is 0 Å². The van der Waals surface area contributed by atoms with Crippen LogP contribution in [-0.2, 0) is 0 Å². The van der Waals surface area contributed by atoms with Crippen molar-refractivity contribution in [3.05, 3.63) is 35.4 Å². The van der Waals surface area contributed by atoms with Gasteiger partial charge in [-0.3, -0.25) is 11.3 Å². The highest BCUT2D eigenvalue weighted by Crippen LogP contribution is 2.46. The van der Waals surface area contributed by atoms with Crippen LogP contribution < -0.4 is 11.3 Å². The van der Waals surface area contributed by atoms with Gasteiger partial charge in [-0.15, -0.1) is 0 Å². The highest BCUT2D eigenvalue weighted by Gasteiger charge is 2.37. The van der Waals surface area contributed by atoms with Crippen LogP contribution in [-0.4, -0.2) is 0 Å². The highest BCUT2D eigenvalue weighted by molar-refractivity contribution is 5.23. The molecule has 1 aromatic rings. The molecule has 0 heterocycles. The van der Waals surface area contributed by atoms with Gasteiger partial charge < -0.3 is 0 Å². The monoisotopic (exact) mass is 240 g/mol. The molecule has 3 N–H and O–H groups in total. The van der Waals surface area contributed by atoms with Crippen LogP contribution in [0.25, 0.3) is 0 Å². The fourth-order valence-corrected chi connectivity index (χ4v) is 2.86. The molecule has 0 bridgehead atoms. The van der Waals surface area contributed by atoms with Gasteiger partial charge in [-0.25, -0.2) is 8.78 Å². The molecule has 1 aromatic carbocycles. The molecule has 1 aliphatic rings. The molecule has 0 radical (unpaired) electrons. The third-order valence-electron chi connectivity index (χ3n) is 3.89. The Labute approximate surface area is 100 Å². The van der Waals surface area contributed by atoms with Crippen molar-refractivity contribution in [3.8, 4) is 0 Å². The maximum Gasteiger partial charge on any atom is 0.159 e. The number of halogens is 2. The molecule has 1 saturated carbocycles. The number of nitrogens with one attached hydrogen (secondary N) is 1. The van der Waals surface area contributed by atoms with Crippen molar-refractivity contribution >= 4 is 0 Å². The minimum Gasteiger partial charge on any atom is -0.271 e. The molecule has 2 rings (SSSR count). The summed E-state index contributed by atoms with van der Waals surface area (Å²) < 4.78 is 26.2. The Balaban J connectivity index is 2.31. The van der Waals surface area contributed by atoms with Gasteiger partial charge in [0.2, 0.25) is 0 Å². The first-order chi connectivity index (χ1) is 8.07. The first-order valence-electron chi connectivity index (χ1n) is 5.98. The Morgan fingerprint density at radius 2 is 1.88 bits per heavy atom. The van der Waals surface area contributed by atoms with E-state index < -0.39 is 11.6 Å². The lowest BCUT2D eigenvalue weighted by atomic mass is 9.77. The average molecular weight is 240 g/mol. The molecule has 1 aliphatic carbocycles. The maximum absolute atomic E-state index is 13.2. The molecule has 17 heavy (non-hydrogen) atoms. The minimum atomic E-state index is -0.818. The second kappa shape index (κ2) is 4.70. The van der Waals surface area contributed by atoms with Gasteiger partial charge in [-0.1, -0.05) is 25.8 Å². The zero-order valence-corrected chi connectivity index (χ0v) is 9.97. The molecule has 0 aliphatic heterocycles. The summed E-state index contributed by atoms with van der Waals surface area (Å²) in [4.78, 5) is 0. The number of hydrogen-bond acceptors (Lipinski definition) is 2. The van der Waals surface area contributed by atoms with Gasteiger partial charge in [0.15, 0.2) is 11.6 Å². The summed E-state index contributed by atoms with van der Waals surface area (Å²) in [6.45, 7) is 2.14. The van der Waals surface area contributed by atoms with Crippen LogP contribution in [0.4, 0.5) is 8.78 Å². The molecule has 4 heteroatoms. The first-order valence-corrected chi connectivity index (χ1v) is 5.98. The average Bonchev–Trinajstić information content (AvgIpc) is 2.72. The number of rotatable bonds is 3. The van der Waals surface area contributed by atoms with E-state index in [1.807, 2.05) is 0 Å². The van der Waals surface area contributed by atoms with E-state index in [2.05, 4.69) is 12.3 Å². The van der Waals surface area contributed by atoms with Crippen LogP contribution in [0, 0.1) is 17.0 Å². The molecule has 94 valence electrons. The van der Waals surface area contributed by atoms with Gasteiger partial charge in [0, 0.05) is 0 Å². The zero-order chi connectivity index (χ0) is 12.5. The van der Waals surface area contributed by atoms with E-state index in [1.165, 1.54) is 18.9 Å². The van der Waals surface area contributed by atoms with Crippen LogP contribution in [0.5, 0.6) is 0 Å². The number of benzene rings is 1. The van der Waals surface area contributed by atoms with Crippen molar-refractivity contribution < 1.29 is 8.78 Å². The van der Waals surface area contributed by atoms with Gasteiger partial charge in [0.1, 0.15) is 0 Å². The SMILES string of the molecule is CC1(C(NN)c2ccc(F)c(F)c2)CCCC1. The molecule has 0 saturated heterocycles. The Morgan fingerprint density at radius 1 is 1.24 bits per heavy atom. The second-order valence-electron chi connectivity index (χ2n) is 5.13. The predicted octanol–water partition coefficient (Wildman–Crippen LogP) is 3.05. The van der Waals surface area contributed by atoms with Crippen LogP contribution in [0.15, 0.2) is 18.2 Å². The van der Waals surface area contributed by atoms with Crippen molar-refractivity contribution in [2.75, 3.05) is 0 Å². The van der Waals surface area contributed by atoms with Crippen LogP contribution in [0.1, 0.15) is 44.2 Å². The summed E-state index contributed by atoms with van der Waals surface area (Å²) in [7, 11) is 0. The van der Waals surface area contributed by atoms with E-state index >= 15 is 0 Å². The van der Waals surface area contributed by atoms with E-state index in [0.717, 1.165) is 24.5 Å². The van der Waals surface area contributed by atoms with Crippen molar-refractivity contribution in [3.63, 3.8) is 0 Å². The quantitative estimate of drug-likeness (QED) is 0.629. The summed E-state index contributed by atoms with van der Waals surface area (Å²) in [6, 6.07) is 3.88. The van der Waals surface area contributed by atoms with Crippen molar-refractivity contribution in [2.24, 2.45) is 11.3 Å². The number of hydrazine groups is 1. The molecule has 0 aromatic heterocycles. The van der Waals surface area contributed by atoms with E-state index in [4.69, 9.17) is 5.84 Å². The molecule has 1 unspecified atom stereocenters. The second-order valence-corrected chi connectivity index (χ2v) is 5.13. The smallest absolute Gasteiger partial charge is 0.159 e. The minimum absolute atomic E-state index is 0.0268. The molecule has 1 fully saturated rings. The molecular weight excluding hydrogens is 222 g/mol. The third-order valence-corrected chi connectivity index (χ3v) is 3.89. The fourth-order valence-electron chi connectivity index (χ4n) is 2.86. The van der Waals surface area contributed by atoms with E-state index in [9.17, 15) is 8.78 Å². The van der Waals surface area contributed by atoms with Crippen molar-refractivity contribution in [1.82, 2.24) is 5.43 Å². The van der Waals surface area contributed by atoms with E-state index in [0.29, 0.717) is 0 Å². The predicted molar refractivity (Wildman–Crippen MR) is 63.0 cm³/mol. The lowest BCUT2D eigenvalue weighted by Crippen LogP contribution is -2.38. The lowest BCUT2D eigenvalue weighted by Gasteiger charge is -2.34. The number of hydrogen-bond donors (Lipinski definition) is 2. The molecule has 0 spiro atoms. The van der Waals surface area contributed by atoms with E-state index in [1.54, 1.807) is 6.07 Å². The van der Waals surface area contributed by atoms with Gasteiger partial charge in [-0.05, 0) is 36.0 Å². The lowest BCUT2D eigenvalue weighted by molar-refractivity contribution is 0.224. The van der Waals surface area contributed by atoms with Crippen LogP contribution in [0.2, 0.25) is 0 Å². The summed E-state index contributed by atoms with van der Waals surface area (Å²) >= 11 is 0.